The van der Waals surface area contributed by atoms with Crippen molar-refractivity contribution in [3.63, 3.8) is 0 Å². The number of hydrogen-bond donors (Lipinski definition) is 1. The molecule has 1 rings (SSSR count). The van der Waals surface area contributed by atoms with E-state index in [-0.39, 0.29) is 0 Å². The number of nitrogens with zero attached hydrogens (tertiary/aromatic N) is 1. The third kappa shape index (κ3) is 2.15. The van der Waals surface area contributed by atoms with E-state index in [4.69, 9.17) is 17.3 Å². The van der Waals surface area contributed by atoms with Crippen LogP contribution >= 0.6 is 11.6 Å². The summed E-state index contributed by atoms with van der Waals surface area (Å²) in [5.41, 5.74) is 6.67. The summed E-state index contributed by atoms with van der Waals surface area (Å²) in [6.07, 6.45) is 5.46. The molecule has 0 bridgehead atoms. The number of anilines is 1. The van der Waals surface area contributed by atoms with Crippen molar-refractivity contribution in [1.29, 1.82) is 0 Å². The van der Waals surface area contributed by atoms with Gasteiger partial charge in [-0.05, 0) is 30.7 Å². The molecule has 74 valence electrons. The lowest BCUT2D eigenvalue weighted by Crippen LogP contribution is -2.29. The fraction of sp³-hybridized carbons (Fsp3) is 0.182. The van der Waals surface area contributed by atoms with Gasteiger partial charge in [-0.3, -0.25) is 0 Å². The summed E-state index contributed by atoms with van der Waals surface area (Å²) in [5, 5.41) is 2.48. The minimum absolute atomic E-state index is 0.485. The first-order valence-corrected chi connectivity index (χ1v) is 4.67. The minimum Gasteiger partial charge on any atom is -0.383 e. The lowest BCUT2D eigenvalue weighted by Gasteiger charge is -2.00. The van der Waals surface area contributed by atoms with Crippen LogP contribution in [0.2, 0.25) is 0 Å². The molecule has 2 N–H and O–H groups in total. The number of nitrogen functional groups attached to an aromatic ring is 1. The van der Waals surface area contributed by atoms with Crippen LogP contribution in [-0.2, 0) is 0 Å². The maximum Gasteiger partial charge on any atom is 0.126 e. The predicted octanol–water partition coefficient (Wildman–Crippen LogP) is 1.31. The summed E-state index contributed by atoms with van der Waals surface area (Å²) in [7, 11) is 0. The average Bonchev–Trinajstić information content (AvgIpc) is 2.11. The second kappa shape index (κ2) is 4.29. The second-order valence-electron chi connectivity index (χ2n) is 3.02. The number of nitrogens with two attached hydrogens (primary N) is 1. The van der Waals surface area contributed by atoms with Gasteiger partial charge in [-0.1, -0.05) is 24.3 Å². The molecule has 0 fully saturated rings. The predicted molar refractivity (Wildman–Crippen MR) is 62.2 cm³/mol. The zero-order valence-corrected chi connectivity index (χ0v) is 9.10. The van der Waals surface area contributed by atoms with Gasteiger partial charge >= 0.3 is 0 Å². The molecule has 0 aliphatic carbocycles. The van der Waals surface area contributed by atoms with Crippen molar-refractivity contribution < 1.29 is 0 Å². The van der Waals surface area contributed by atoms with Gasteiger partial charge in [0.1, 0.15) is 5.82 Å². The van der Waals surface area contributed by atoms with Crippen LogP contribution in [0.3, 0.4) is 0 Å². The highest BCUT2D eigenvalue weighted by Crippen LogP contribution is 1.98. The smallest absolute Gasteiger partial charge is 0.126 e. The molecular formula is C11H13ClN2. The van der Waals surface area contributed by atoms with Gasteiger partial charge in [0.15, 0.2) is 0 Å². The molecule has 1 heterocycles. The molecule has 1 aromatic heterocycles. The first-order chi connectivity index (χ1) is 6.56. The van der Waals surface area contributed by atoms with E-state index in [1.54, 1.807) is 12.3 Å². The molecule has 0 unspecified atom stereocenters. The Morgan fingerprint density at radius 2 is 2.29 bits per heavy atom. The van der Waals surface area contributed by atoms with Gasteiger partial charge < -0.3 is 5.73 Å². The minimum atomic E-state index is 0.485. The van der Waals surface area contributed by atoms with Gasteiger partial charge in [0.05, 0.1) is 0 Å². The molecule has 3 heteroatoms. The number of hydrogen-bond acceptors (Lipinski definition) is 2. The van der Waals surface area contributed by atoms with E-state index < -0.39 is 0 Å². The topological polar surface area (TPSA) is 38.9 Å². The molecule has 0 aliphatic rings. The van der Waals surface area contributed by atoms with Crippen molar-refractivity contribution in [3.8, 4) is 0 Å². The summed E-state index contributed by atoms with van der Waals surface area (Å²) in [4.78, 5) is 4.07. The highest BCUT2D eigenvalue weighted by molar-refractivity contribution is 6.33. The van der Waals surface area contributed by atoms with E-state index in [0.29, 0.717) is 10.9 Å². The molecule has 14 heavy (non-hydrogen) atoms. The van der Waals surface area contributed by atoms with Gasteiger partial charge in [0.2, 0.25) is 0 Å². The van der Waals surface area contributed by atoms with Crippen molar-refractivity contribution in [2.24, 2.45) is 0 Å². The molecule has 0 saturated heterocycles. The molecule has 2 nitrogen and oxygen atoms in total. The van der Waals surface area contributed by atoms with Crippen LogP contribution in [0.15, 0.2) is 17.8 Å². The maximum absolute atomic E-state index is 5.71. The number of rotatable bonds is 1. The van der Waals surface area contributed by atoms with E-state index in [0.717, 1.165) is 16.0 Å². The number of pyridine rings is 1. The van der Waals surface area contributed by atoms with Crippen molar-refractivity contribution in [3.05, 3.63) is 33.8 Å². The Balaban J connectivity index is 3.65. The van der Waals surface area contributed by atoms with E-state index in [1.807, 2.05) is 19.9 Å². The molecule has 1 aromatic rings. The van der Waals surface area contributed by atoms with Gasteiger partial charge in [-0.15, -0.1) is 0 Å². The zero-order chi connectivity index (χ0) is 10.7. The Morgan fingerprint density at radius 3 is 2.79 bits per heavy atom. The van der Waals surface area contributed by atoms with Crippen LogP contribution in [0.1, 0.15) is 12.5 Å². The molecule has 0 aliphatic heterocycles. The maximum atomic E-state index is 5.71. The number of aromatic nitrogens is 1. The summed E-state index contributed by atoms with van der Waals surface area (Å²) < 4.78 is 0. The highest BCUT2D eigenvalue weighted by atomic mass is 35.5. The van der Waals surface area contributed by atoms with Crippen LogP contribution < -0.4 is 16.2 Å². The molecule has 0 amide bonds. The van der Waals surface area contributed by atoms with Gasteiger partial charge in [0.25, 0.3) is 0 Å². The average molecular weight is 209 g/mol. The van der Waals surface area contributed by atoms with Crippen molar-refractivity contribution >= 4 is 29.6 Å². The number of halogens is 1. The summed E-state index contributed by atoms with van der Waals surface area (Å²) in [6, 6.07) is 0. The summed E-state index contributed by atoms with van der Waals surface area (Å²) in [6.45, 7) is 7.51. The first kappa shape index (κ1) is 10.8. The van der Waals surface area contributed by atoms with Crippen molar-refractivity contribution in [1.82, 2.24) is 4.98 Å². The third-order valence-electron chi connectivity index (χ3n) is 2.04. The molecule has 0 spiro atoms. The van der Waals surface area contributed by atoms with Crippen LogP contribution in [0.5, 0.6) is 0 Å². The Morgan fingerprint density at radius 1 is 1.64 bits per heavy atom. The molecule has 0 atom stereocenters. The largest absolute Gasteiger partial charge is 0.383 e. The van der Waals surface area contributed by atoms with Gasteiger partial charge in [-0.25, -0.2) is 4.98 Å². The zero-order valence-electron chi connectivity index (χ0n) is 8.34. The van der Waals surface area contributed by atoms with Crippen LogP contribution in [0.4, 0.5) is 5.82 Å². The van der Waals surface area contributed by atoms with E-state index in [2.05, 4.69) is 11.6 Å². The van der Waals surface area contributed by atoms with Gasteiger partial charge in [-0.2, -0.15) is 0 Å². The lowest BCUT2D eigenvalue weighted by molar-refractivity contribution is 1.22. The van der Waals surface area contributed by atoms with E-state index in [1.165, 1.54) is 0 Å². The van der Waals surface area contributed by atoms with E-state index in [9.17, 15) is 0 Å². The first-order valence-electron chi connectivity index (χ1n) is 4.30. The van der Waals surface area contributed by atoms with Crippen molar-refractivity contribution in [2.45, 2.75) is 13.8 Å². The Labute approximate surface area is 88.4 Å². The highest BCUT2D eigenvalue weighted by Gasteiger charge is 1.96. The molecule has 0 aromatic carbocycles. The van der Waals surface area contributed by atoms with Crippen molar-refractivity contribution in [2.75, 3.05) is 5.73 Å². The Bertz CT molecular complexity index is 475. The Hall–Kier alpha value is -1.28. The van der Waals surface area contributed by atoms with Crippen LogP contribution in [0.25, 0.3) is 12.2 Å². The Kier molecular flexibility index (Phi) is 3.31. The second-order valence-corrected chi connectivity index (χ2v) is 3.50. The fourth-order valence-electron chi connectivity index (χ4n) is 1.33. The molecule has 0 radical (unpaired) electrons. The fourth-order valence-corrected chi connectivity index (χ4v) is 1.44. The van der Waals surface area contributed by atoms with Gasteiger partial charge in [0, 0.05) is 16.4 Å². The van der Waals surface area contributed by atoms with Crippen LogP contribution in [0, 0.1) is 6.92 Å². The third-order valence-corrected chi connectivity index (χ3v) is 2.15. The summed E-state index contributed by atoms with van der Waals surface area (Å²) in [5.74, 6) is 0.551. The number of allylic oxidation sites excluding steroid dienone is 1. The van der Waals surface area contributed by atoms with Crippen LogP contribution in [-0.4, -0.2) is 4.98 Å². The SMILES string of the molecule is C=C(Cl)/C=c1/cnc(N)c(C)/c1=C/C. The van der Waals surface area contributed by atoms with E-state index >= 15 is 0 Å². The standard InChI is InChI=1S/C11H13ClN2/c1-4-10-8(3)11(13)14-6-9(10)5-7(2)12/h4-6H,2,13H2,1,3H3/b9-5-,10-4-. The monoisotopic (exact) mass is 208 g/mol. The molecule has 0 saturated carbocycles. The lowest BCUT2D eigenvalue weighted by atomic mass is 10.1. The quantitative estimate of drug-likeness (QED) is 0.756. The summed E-state index contributed by atoms with van der Waals surface area (Å²) >= 11 is 5.71. The normalized spacial score (nSPS) is 13.4. The molecular weight excluding hydrogens is 196 g/mol.